The molecule has 2 heterocycles. The minimum absolute atomic E-state index is 0.314. The highest BCUT2D eigenvalue weighted by molar-refractivity contribution is 6.18. The molecule has 0 spiro atoms. The summed E-state index contributed by atoms with van der Waals surface area (Å²) in [6.45, 7) is 7.58. The second kappa shape index (κ2) is 5.85. The van der Waals surface area contributed by atoms with Gasteiger partial charge in [0.25, 0.3) is 0 Å². The van der Waals surface area contributed by atoms with Gasteiger partial charge >= 0.3 is 0 Å². The molecule has 1 unspecified atom stereocenters. The molecule has 1 fully saturated rings. The summed E-state index contributed by atoms with van der Waals surface area (Å²) in [5, 5.41) is 4.56. The van der Waals surface area contributed by atoms with E-state index in [9.17, 15) is 0 Å². The van der Waals surface area contributed by atoms with Crippen LogP contribution in [0, 0.1) is 0 Å². The Kier molecular flexibility index (Phi) is 4.42. The third-order valence-electron chi connectivity index (χ3n) is 3.09. The van der Waals surface area contributed by atoms with Crippen LogP contribution in [0.25, 0.3) is 0 Å². The lowest BCUT2D eigenvalue weighted by Crippen LogP contribution is -2.45. The van der Waals surface area contributed by atoms with Crippen LogP contribution in [-0.4, -0.2) is 46.4 Å². The second-order valence-electron chi connectivity index (χ2n) is 4.73. The van der Waals surface area contributed by atoms with Gasteiger partial charge in [0, 0.05) is 37.3 Å². The highest BCUT2D eigenvalue weighted by Crippen LogP contribution is 2.13. The lowest BCUT2D eigenvalue weighted by molar-refractivity contribution is -0.00366. The van der Waals surface area contributed by atoms with Gasteiger partial charge in [-0.3, -0.25) is 9.58 Å². The second-order valence-corrected chi connectivity index (χ2v) is 5.04. The summed E-state index contributed by atoms with van der Waals surface area (Å²) in [5.74, 6) is 0.616. The molecule has 96 valence electrons. The highest BCUT2D eigenvalue weighted by atomic mass is 35.5. The summed E-state index contributed by atoms with van der Waals surface area (Å²) in [6, 6.07) is 2.81. The van der Waals surface area contributed by atoms with Gasteiger partial charge in [-0.05, 0) is 19.9 Å². The number of nitrogens with zero attached hydrogens (tertiary/aromatic N) is 3. The van der Waals surface area contributed by atoms with Crippen LogP contribution in [0.3, 0.4) is 0 Å². The number of hydrogen-bond acceptors (Lipinski definition) is 3. The van der Waals surface area contributed by atoms with E-state index in [1.807, 2.05) is 10.9 Å². The molecule has 0 N–H and O–H groups in total. The molecular formula is C12H20ClN3O. The summed E-state index contributed by atoms with van der Waals surface area (Å²) in [5.41, 5.74) is 1.11. The molecule has 0 radical (unpaired) electrons. The van der Waals surface area contributed by atoms with Crippen molar-refractivity contribution in [1.29, 1.82) is 0 Å². The van der Waals surface area contributed by atoms with E-state index in [2.05, 4.69) is 29.9 Å². The Balaban J connectivity index is 1.98. The first kappa shape index (κ1) is 12.9. The van der Waals surface area contributed by atoms with Crippen LogP contribution in [0.15, 0.2) is 12.3 Å². The fourth-order valence-electron chi connectivity index (χ4n) is 2.00. The Morgan fingerprint density at radius 3 is 3.06 bits per heavy atom. The lowest BCUT2D eigenvalue weighted by Gasteiger charge is -2.33. The predicted molar refractivity (Wildman–Crippen MR) is 68.3 cm³/mol. The molecule has 0 aliphatic carbocycles. The van der Waals surface area contributed by atoms with E-state index < -0.39 is 0 Å². The van der Waals surface area contributed by atoms with Gasteiger partial charge < -0.3 is 4.74 Å². The number of ether oxygens (including phenoxy) is 1. The zero-order chi connectivity index (χ0) is 12.3. The highest BCUT2D eigenvalue weighted by Gasteiger charge is 2.22. The minimum atomic E-state index is 0.314. The Labute approximate surface area is 107 Å². The van der Waals surface area contributed by atoms with Crippen molar-refractivity contribution < 1.29 is 4.74 Å². The van der Waals surface area contributed by atoms with Crippen molar-refractivity contribution in [2.24, 2.45) is 0 Å². The maximum Gasteiger partial charge on any atom is 0.0765 e. The quantitative estimate of drug-likeness (QED) is 0.772. The van der Waals surface area contributed by atoms with Gasteiger partial charge in [-0.1, -0.05) is 0 Å². The van der Waals surface area contributed by atoms with Crippen LogP contribution in [-0.2, 0) is 11.3 Å². The van der Waals surface area contributed by atoms with E-state index in [0.717, 1.165) is 32.0 Å². The topological polar surface area (TPSA) is 30.3 Å². The van der Waals surface area contributed by atoms with E-state index >= 15 is 0 Å². The molecule has 2 rings (SSSR count). The first-order valence-electron chi connectivity index (χ1n) is 6.12. The number of hydrogen-bond donors (Lipinski definition) is 0. The summed E-state index contributed by atoms with van der Waals surface area (Å²) in [6.07, 6.45) is 2.04. The lowest BCUT2D eigenvalue weighted by atomic mass is 10.2. The molecule has 1 atom stereocenters. The first-order chi connectivity index (χ1) is 8.20. The SMILES string of the molecule is CC(C)n1ccc(CN2CCOCC2CCl)n1. The van der Waals surface area contributed by atoms with Crippen LogP contribution in [0.2, 0.25) is 0 Å². The number of aromatic nitrogens is 2. The molecular weight excluding hydrogens is 238 g/mol. The summed E-state index contributed by atoms with van der Waals surface area (Å²) < 4.78 is 7.42. The van der Waals surface area contributed by atoms with Gasteiger partial charge in [0.1, 0.15) is 0 Å². The van der Waals surface area contributed by atoms with Gasteiger partial charge in [0.15, 0.2) is 0 Å². The number of morpholine rings is 1. The largest absolute Gasteiger partial charge is 0.378 e. The van der Waals surface area contributed by atoms with Crippen LogP contribution in [0.1, 0.15) is 25.6 Å². The minimum Gasteiger partial charge on any atom is -0.378 e. The van der Waals surface area contributed by atoms with E-state index in [4.69, 9.17) is 16.3 Å². The summed E-state index contributed by atoms with van der Waals surface area (Å²) in [4.78, 5) is 2.35. The third-order valence-corrected chi connectivity index (χ3v) is 3.44. The van der Waals surface area contributed by atoms with Crippen molar-refractivity contribution in [2.45, 2.75) is 32.5 Å². The van der Waals surface area contributed by atoms with Gasteiger partial charge in [-0.25, -0.2) is 0 Å². The molecule has 0 saturated carbocycles. The van der Waals surface area contributed by atoms with E-state index in [1.54, 1.807) is 0 Å². The van der Waals surface area contributed by atoms with Crippen molar-refractivity contribution in [1.82, 2.24) is 14.7 Å². The molecule has 1 aliphatic rings. The maximum absolute atomic E-state index is 5.95. The van der Waals surface area contributed by atoms with Crippen LogP contribution in [0.5, 0.6) is 0 Å². The first-order valence-corrected chi connectivity index (χ1v) is 6.66. The van der Waals surface area contributed by atoms with Crippen molar-refractivity contribution in [3.8, 4) is 0 Å². The average Bonchev–Trinajstić information content (AvgIpc) is 2.78. The van der Waals surface area contributed by atoms with Gasteiger partial charge in [0.05, 0.1) is 18.9 Å². The molecule has 17 heavy (non-hydrogen) atoms. The van der Waals surface area contributed by atoms with E-state index in [-0.39, 0.29) is 0 Å². The Hall–Kier alpha value is -0.580. The predicted octanol–water partition coefficient (Wildman–Crippen LogP) is 1.90. The smallest absolute Gasteiger partial charge is 0.0765 e. The summed E-state index contributed by atoms with van der Waals surface area (Å²) in [7, 11) is 0. The third kappa shape index (κ3) is 3.21. The van der Waals surface area contributed by atoms with E-state index in [0.29, 0.717) is 18.0 Å². The standard InChI is InChI=1S/C12H20ClN3O/c1-10(2)16-4-3-11(14-16)8-15-5-6-17-9-12(15)7-13/h3-4,10,12H,5-9H2,1-2H3. The number of halogens is 1. The number of alkyl halides is 1. The molecule has 0 bridgehead atoms. The van der Waals surface area contributed by atoms with Gasteiger partial charge in [-0.2, -0.15) is 5.10 Å². The van der Waals surface area contributed by atoms with Crippen LogP contribution < -0.4 is 0 Å². The monoisotopic (exact) mass is 257 g/mol. The maximum atomic E-state index is 5.95. The van der Waals surface area contributed by atoms with E-state index in [1.165, 1.54) is 0 Å². The van der Waals surface area contributed by atoms with Crippen molar-refractivity contribution in [3.63, 3.8) is 0 Å². The Morgan fingerprint density at radius 2 is 2.41 bits per heavy atom. The molecule has 4 nitrogen and oxygen atoms in total. The van der Waals surface area contributed by atoms with Crippen molar-refractivity contribution >= 4 is 11.6 Å². The molecule has 0 aromatic carbocycles. The fraction of sp³-hybridized carbons (Fsp3) is 0.750. The normalized spacial score (nSPS) is 22.2. The Bertz CT molecular complexity index is 353. The van der Waals surface area contributed by atoms with Crippen molar-refractivity contribution in [3.05, 3.63) is 18.0 Å². The zero-order valence-electron chi connectivity index (χ0n) is 10.5. The molecule has 0 amide bonds. The fourth-order valence-corrected chi connectivity index (χ4v) is 2.28. The summed E-state index contributed by atoms with van der Waals surface area (Å²) >= 11 is 5.95. The zero-order valence-corrected chi connectivity index (χ0v) is 11.2. The van der Waals surface area contributed by atoms with Crippen LogP contribution >= 0.6 is 11.6 Å². The van der Waals surface area contributed by atoms with Crippen LogP contribution in [0.4, 0.5) is 0 Å². The van der Waals surface area contributed by atoms with Gasteiger partial charge in [-0.15, -0.1) is 11.6 Å². The Morgan fingerprint density at radius 1 is 1.59 bits per heavy atom. The van der Waals surface area contributed by atoms with Gasteiger partial charge in [0.2, 0.25) is 0 Å². The molecule has 1 saturated heterocycles. The average molecular weight is 258 g/mol. The molecule has 5 heteroatoms. The molecule has 1 aromatic rings. The van der Waals surface area contributed by atoms with Crippen molar-refractivity contribution in [2.75, 3.05) is 25.6 Å². The molecule has 1 aliphatic heterocycles. The molecule has 1 aromatic heterocycles. The number of rotatable bonds is 4.